The molecule has 0 radical (unpaired) electrons. The zero-order chi connectivity index (χ0) is 17.2. The van der Waals surface area contributed by atoms with Gasteiger partial charge in [-0.25, -0.2) is 0 Å². The summed E-state index contributed by atoms with van der Waals surface area (Å²) in [5.74, 6) is -1.14. The van der Waals surface area contributed by atoms with E-state index in [1.54, 1.807) is 0 Å². The molecule has 1 aromatic rings. The summed E-state index contributed by atoms with van der Waals surface area (Å²) in [4.78, 5) is 12.3. The van der Waals surface area contributed by atoms with Crippen molar-refractivity contribution in [3.8, 4) is 0 Å². The van der Waals surface area contributed by atoms with Gasteiger partial charge in [0.2, 0.25) is 0 Å². The Bertz CT molecular complexity index is 528. The van der Waals surface area contributed by atoms with Gasteiger partial charge < -0.3 is 9.66 Å². The lowest BCUT2D eigenvalue weighted by molar-refractivity contribution is -0.141. The minimum Gasteiger partial charge on any atom is -0.593 e. The van der Waals surface area contributed by atoms with E-state index < -0.39 is 23.4 Å². The molecule has 1 unspecified atom stereocenters. The van der Waals surface area contributed by atoms with Crippen LogP contribution in [0.15, 0.2) is 17.0 Å². The predicted molar refractivity (Wildman–Crippen MR) is 90.2 cm³/mol. The molecule has 22 heavy (non-hydrogen) atoms. The maximum absolute atomic E-state index is 12.7. The van der Waals surface area contributed by atoms with E-state index in [1.807, 2.05) is 60.6 Å². The van der Waals surface area contributed by atoms with Crippen molar-refractivity contribution in [3.63, 3.8) is 0 Å². The van der Waals surface area contributed by atoms with Crippen LogP contribution in [0.1, 0.15) is 44.4 Å². The lowest BCUT2D eigenvalue weighted by Crippen LogP contribution is -2.48. The Morgan fingerprint density at radius 3 is 2.05 bits per heavy atom. The number of hydrogen-bond donors (Lipinski definition) is 2. The molecule has 3 atom stereocenters. The number of carbonyl (C=O) groups is 1. The number of benzene rings is 1. The quantitative estimate of drug-likeness (QED) is 0.814. The van der Waals surface area contributed by atoms with E-state index in [2.05, 4.69) is 4.72 Å². The molecule has 124 valence electrons. The molecule has 0 aliphatic carbocycles. The summed E-state index contributed by atoms with van der Waals surface area (Å²) in [5, 5.41) is 9.49. The SMILES string of the molecule is Cc1cc(C)c([S@+]([O-])N[C@H](C(=O)O)C(C)C(C)(C)C)c(C)c1. The average Bonchev–Trinajstić information content (AvgIpc) is 2.32. The first-order valence-electron chi connectivity index (χ1n) is 7.43. The van der Waals surface area contributed by atoms with Crippen LogP contribution in [0.5, 0.6) is 0 Å². The second-order valence-corrected chi connectivity index (χ2v) is 8.27. The Hall–Kier alpha value is -1.04. The van der Waals surface area contributed by atoms with Crippen LogP contribution in [-0.4, -0.2) is 21.7 Å². The van der Waals surface area contributed by atoms with Crippen molar-refractivity contribution in [1.82, 2.24) is 4.72 Å². The third kappa shape index (κ3) is 4.48. The van der Waals surface area contributed by atoms with Crippen LogP contribution >= 0.6 is 0 Å². The molecule has 0 heterocycles. The van der Waals surface area contributed by atoms with Crippen molar-refractivity contribution in [2.45, 2.75) is 59.4 Å². The van der Waals surface area contributed by atoms with Crippen molar-refractivity contribution < 1.29 is 14.5 Å². The summed E-state index contributed by atoms with van der Waals surface area (Å²) in [6.45, 7) is 13.6. The standard InChI is InChI=1S/C17H27NO3S/c1-10-8-11(2)15(12(3)9-10)22(21)18-14(16(19)20)13(4)17(5,6)7/h8-9,13-14,18H,1-7H3,(H,19,20)/t13?,14-,22-/m0/s1. The summed E-state index contributed by atoms with van der Waals surface area (Å²) in [6, 6.07) is 3.07. The third-order valence-electron chi connectivity index (χ3n) is 4.16. The van der Waals surface area contributed by atoms with Gasteiger partial charge in [0, 0.05) is 11.1 Å². The van der Waals surface area contributed by atoms with Gasteiger partial charge in [0.25, 0.3) is 0 Å². The summed E-state index contributed by atoms with van der Waals surface area (Å²) in [7, 11) is 0. The van der Waals surface area contributed by atoms with Crippen molar-refractivity contribution >= 4 is 17.3 Å². The average molecular weight is 325 g/mol. The molecule has 0 bridgehead atoms. The highest BCUT2D eigenvalue weighted by atomic mass is 32.2. The molecule has 0 saturated heterocycles. The molecule has 1 rings (SSSR count). The zero-order valence-corrected chi connectivity index (χ0v) is 15.3. The van der Waals surface area contributed by atoms with Gasteiger partial charge in [0.15, 0.2) is 10.9 Å². The third-order valence-corrected chi connectivity index (χ3v) is 5.64. The van der Waals surface area contributed by atoms with Crippen molar-refractivity contribution in [2.24, 2.45) is 11.3 Å². The van der Waals surface area contributed by atoms with E-state index in [-0.39, 0.29) is 11.3 Å². The number of rotatable bonds is 5. The molecule has 2 N–H and O–H groups in total. The lowest BCUT2D eigenvalue weighted by Gasteiger charge is -2.32. The van der Waals surface area contributed by atoms with Gasteiger partial charge in [-0.15, -0.1) is 4.72 Å². The predicted octanol–water partition coefficient (Wildman–Crippen LogP) is 3.36. The first-order valence-corrected chi connectivity index (χ1v) is 8.58. The molecule has 0 aromatic heterocycles. The van der Waals surface area contributed by atoms with Crippen molar-refractivity contribution in [3.05, 3.63) is 28.8 Å². The fourth-order valence-corrected chi connectivity index (χ4v) is 3.86. The van der Waals surface area contributed by atoms with Crippen LogP contribution < -0.4 is 4.72 Å². The van der Waals surface area contributed by atoms with Crippen molar-refractivity contribution in [1.29, 1.82) is 0 Å². The van der Waals surface area contributed by atoms with Gasteiger partial charge in [0.05, 0.1) is 11.4 Å². The molecule has 1 aromatic carbocycles. The van der Waals surface area contributed by atoms with Crippen LogP contribution in [0.25, 0.3) is 0 Å². The molecule has 0 amide bonds. The molecule has 0 aliphatic heterocycles. The van der Waals surface area contributed by atoms with Crippen LogP contribution in [0, 0.1) is 32.1 Å². The number of carboxylic acids is 1. The number of nitrogens with one attached hydrogen (secondary N) is 1. The highest BCUT2D eigenvalue weighted by Crippen LogP contribution is 2.30. The maximum atomic E-state index is 12.7. The fraction of sp³-hybridized carbons (Fsp3) is 0.588. The highest BCUT2D eigenvalue weighted by Gasteiger charge is 2.37. The Balaban J connectivity index is 3.08. The van der Waals surface area contributed by atoms with Gasteiger partial charge in [-0.2, -0.15) is 0 Å². The van der Waals surface area contributed by atoms with Crippen LogP contribution in [0.4, 0.5) is 0 Å². The minimum absolute atomic E-state index is 0.167. The minimum atomic E-state index is -1.55. The van der Waals surface area contributed by atoms with Crippen molar-refractivity contribution in [2.75, 3.05) is 0 Å². The number of aliphatic carboxylic acids is 1. The number of hydrogen-bond acceptors (Lipinski definition) is 3. The van der Waals surface area contributed by atoms with Gasteiger partial charge in [-0.3, -0.25) is 4.79 Å². The molecule has 5 heteroatoms. The van der Waals surface area contributed by atoms with Crippen LogP contribution in [0.2, 0.25) is 0 Å². The molecule has 0 aliphatic rings. The van der Waals surface area contributed by atoms with Crippen LogP contribution in [0.3, 0.4) is 0 Å². The largest absolute Gasteiger partial charge is 0.593 e. The molecule has 4 nitrogen and oxygen atoms in total. The summed E-state index contributed by atoms with van der Waals surface area (Å²) >= 11 is -1.55. The second-order valence-electron chi connectivity index (χ2n) is 7.09. The fourth-order valence-electron chi connectivity index (χ4n) is 2.50. The Kier molecular flexibility index (Phi) is 6.07. The van der Waals surface area contributed by atoms with E-state index in [0.29, 0.717) is 4.90 Å². The Labute approximate surface area is 136 Å². The topological polar surface area (TPSA) is 72.4 Å². The lowest BCUT2D eigenvalue weighted by atomic mass is 9.78. The van der Waals surface area contributed by atoms with E-state index in [4.69, 9.17) is 0 Å². The first-order chi connectivity index (χ1) is 9.95. The van der Waals surface area contributed by atoms with E-state index >= 15 is 0 Å². The maximum Gasteiger partial charge on any atom is 0.325 e. The molecule has 0 spiro atoms. The van der Waals surface area contributed by atoms with E-state index in [1.165, 1.54) is 0 Å². The monoisotopic (exact) mass is 325 g/mol. The van der Waals surface area contributed by atoms with Gasteiger partial charge in [-0.1, -0.05) is 45.4 Å². The smallest absolute Gasteiger partial charge is 0.325 e. The summed E-state index contributed by atoms with van der Waals surface area (Å²) in [5.41, 5.74) is 2.73. The first kappa shape index (κ1) is 19.0. The van der Waals surface area contributed by atoms with Gasteiger partial charge in [-0.05, 0) is 32.1 Å². The Morgan fingerprint density at radius 2 is 1.68 bits per heavy atom. The normalized spacial score (nSPS) is 16.2. The summed E-state index contributed by atoms with van der Waals surface area (Å²) in [6.07, 6.45) is 0. The number of carboxylic acid groups (broad SMARTS) is 1. The summed E-state index contributed by atoms with van der Waals surface area (Å²) < 4.78 is 15.5. The molecule has 0 saturated carbocycles. The van der Waals surface area contributed by atoms with E-state index in [0.717, 1.165) is 16.7 Å². The van der Waals surface area contributed by atoms with E-state index in [9.17, 15) is 14.5 Å². The Morgan fingerprint density at radius 1 is 1.23 bits per heavy atom. The van der Waals surface area contributed by atoms with Gasteiger partial charge in [0.1, 0.15) is 0 Å². The second kappa shape index (κ2) is 7.02. The molecular weight excluding hydrogens is 298 g/mol. The highest BCUT2D eigenvalue weighted by molar-refractivity contribution is 7.89. The zero-order valence-electron chi connectivity index (χ0n) is 14.5. The van der Waals surface area contributed by atoms with Gasteiger partial charge >= 0.3 is 5.97 Å². The molecule has 0 fully saturated rings. The molecular formula is C17H27NO3S. The van der Waals surface area contributed by atoms with Crippen LogP contribution in [-0.2, 0) is 16.2 Å². The number of aryl methyl sites for hydroxylation is 3.